The van der Waals surface area contributed by atoms with Gasteiger partial charge in [0.25, 0.3) is 0 Å². The molecule has 4 rings (SSSR count). The van der Waals surface area contributed by atoms with Crippen molar-refractivity contribution in [3.63, 3.8) is 0 Å². The molecular formula is C27H26ClN5O3S. The molecule has 37 heavy (non-hydrogen) atoms. The Balaban J connectivity index is 2.07. The van der Waals surface area contributed by atoms with Crippen LogP contribution in [0, 0.1) is 0 Å². The number of aliphatic hydroxyl groups is 1. The minimum Gasteiger partial charge on any atom is -0.497 e. The standard InChI is InChI=1S/C27H26ClN5O3S/c1-16(37)32(2)25(31-29)27(35,18-8-11-20(28)12-9-18)19-10-13-23-22(15-19)24(30-26(34)33(23)3)17-6-5-7-21(14-17)36-4/h5-15,35,37H,1,29H2,2-4H3/b31-25-. The molecular weight excluding hydrogens is 510 g/mol. The number of hydrazone groups is 1. The lowest BCUT2D eigenvalue weighted by Gasteiger charge is -2.35. The van der Waals surface area contributed by atoms with E-state index in [0.29, 0.717) is 49.1 Å². The molecule has 1 unspecified atom stereocenters. The van der Waals surface area contributed by atoms with Crippen molar-refractivity contribution in [1.82, 2.24) is 14.5 Å². The molecule has 0 aliphatic rings. The Morgan fingerprint density at radius 1 is 1.19 bits per heavy atom. The molecule has 0 bridgehead atoms. The van der Waals surface area contributed by atoms with Gasteiger partial charge in [-0.1, -0.05) is 48.5 Å². The lowest BCUT2D eigenvalue weighted by Crippen LogP contribution is -2.46. The summed E-state index contributed by atoms with van der Waals surface area (Å²) in [7, 11) is 4.86. The number of nitrogens with two attached hydrogens (primary N) is 1. The van der Waals surface area contributed by atoms with Gasteiger partial charge in [-0.3, -0.25) is 4.57 Å². The van der Waals surface area contributed by atoms with Gasteiger partial charge in [0.05, 0.1) is 23.3 Å². The number of aromatic nitrogens is 2. The predicted octanol–water partition coefficient (Wildman–Crippen LogP) is 4.10. The summed E-state index contributed by atoms with van der Waals surface area (Å²) in [5.41, 5.74) is 0.381. The fourth-order valence-electron chi connectivity index (χ4n) is 4.23. The van der Waals surface area contributed by atoms with Gasteiger partial charge in [-0.25, -0.2) is 4.79 Å². The second-order valence-electron chi connectivity index (χ2n) is 8.41. The Morgan fingerprint density at radius 3 is 2.49 bits per heavy atom. The van der Waals surface area contributed by atoms with E-state index in [4.69, 9.17) is 22.2 Å². The Bertz CT molecular complexity index is 1590. The SMILES string of the molecule is C=C(S)N(C)/C(=N\N)C(O)(c1ccc(Cl)cc1)c1ccc2c(c1)c(-c1cccc(OC)c1)nc(=O)n2C. The van der Waals surface area contributed by atoms with Gasteiger partial charge in [-0.15, -0.1) is 12.6 Å². The molecule has 10 heteroatoms. The summed E-state index contributed by atoms with van der Waals surface area (Å²) >= 11 is 10.5. The first-order chi connectivity index (χ1) is 17.6. The van der Waals surface area contributed by atoms with Gasteiger partial charge in [0.2, 0.25) is 0 Å². The highest BCUT2D eigenvalue weighted by atomic mass is 35.5. The highest BCUT2D eigenvalue weighted by Crippen LogP contribution is 2.37. The van der Waals surface area contributed by atoms with Crippen LogP contribution in [0.15, 0.2) is 88.2 Å². The zero-order valence-electron chi connectivity index (χ0n) is 20.5. The molecule has 0 aliphatic heterocycles. The summed E-state index contributed by atoms with van der Waals surface area (Å²) in [6.07, 6.45) is 0. The van der Waals surface area contributed by atoms with Crippen molar-refractivity contribution in [1.29, 1.82) is 0 Å². The number of thiol groups is 1. The molecule has 4 aromatic rings. The van der Waals surface area contributed by atoms with Crippen molar-refractivity contribution >= 4 is 41.0 Å². The van der Waals surface area contributed by atoms with E-state index in [1.807, 2.05) is 18.2 Å². The predicted molar refractivity (Wildman–Crippen MR) is 151 cm³/mol. The molecule has 8 nitrogen and oxygen atoms in total. The molecule has 0 aliphatic carbocycles. The van der Waals surface area contributed by atoms with Gasteiger partial charge in [0.15, 0.2) is 11.4 Å². The number of halogens is 1. The maximum atomic E-state index is 12.7. The van der Waals surface area contributed by atoms with Crippen molar-refractivity contribution in [2.75, 3.05) is 14.2 Å². The van der Waals surface area contributed by atoms with Gasteiger partial charge in [-0.2, -0.15) is 10.1 Å². The van der Waals surface area contributed by atoms with Crippen LogP contribution in [0.1, 0.15) is 11.1 Å². The summed E-state index contributed by atoms with van der Waals surface area (Å²) in [6, 6.07) is 19.2. The van der Waals surface area contributed by atoms with E-state index in [-0.39, 0.29) is 5.84 Å². The number of ether oxygens (including phenoxy) is 1. The molecule has 0 fully saturated rings. The first-order valence-electron chi connectivity index (χ1n) is 11.2. The highest BCUT2D eigenvalue weighted by Gasteiger charge is 2.41. The summed E-state index contributed by atoms with van der Waals surface area (Å²) in [4.78, 5) is 18.6. The number of fused-ring (bicyclic) bond motifs is 1. The first kappa shape index (κ1) is 26.3. The van der Waals surface area contributed by atoms with E-state index in [0.717, 1.165) is 0 Å². The molecule has 1 atom stereocenters. The second-order valence-corrected chi connectivity index (χ2v) is 9.36. The summed E-state index contributed by atoms with van der Waals surface area (Å²) < 4.78 is 6.82. The van der Waals surface area contributed by atoms with E-state index in [1.165, 1.54) is 9.47 Å². The van der Waals surface area contributed by atoms with Crippen LogP contribution in [-0.4, -0.2) is 39.6 Å². The Kier molecular flexibility index (Phi) is 7.31. The number of methoxy groups -OCH3 is 1. The van der Waals surface area contributed by atoms with Crippen LogP contribution >= 0.6 is 24.2 Å². The third-order valence-electron chi connectivity index (χ3n) is 6.28. The van der Waals surface area contributed by atoms with Crippen molar-refractivity contribution in [2.24, 2.45) is 18.0 Å². The fraction of sp³-hybridized carbons (Fsp3) is 0.148. The summed E-state index contributed by atoms with van der Waals surface area (Å²) in [6.45, 7) is 3.84. The first-order valence-corrected chi connectivity index (χ1v) is 12.0. The largest absolute Gasteiger partial charge is 0.497 e. The van der Waals surface area contributed by atoms with Crippen molar-refractivity contribution < 1.29 is 9.84 Å². The zero-order chi connectivity index (χ0) is 26.9. The number of hydrogen-bond donors (Lipinski definition) is 3. The van der Waals surface area contributed by atoms with Crippen LogP contribution in [0.3, 0.4) is 0 Å². The van der Waals surface area contributed by atoms with Crippen LogP contribution < -0.4 is 16.3 Å². The Hall–Kier alpha value is -3.79. The van der Waals surface area contributed by atoms with Gasteiger partial charge >= 0.3 is 5.69 Å². The monoisotopic (exact) mass is 535 g/mol. The maximum Gasteiger partial charge on any atom is 0.348 e. The number of hydrogen-bond acceptors (Lipinski definition) is 7. The van der Waals surface area contributed by atoms with E-state index >= 15 is 0 Å². The normalized spacial score (nSPS) is 13.3. The number of benzene rings is 3. The minimum atomic E-state index is -1.84. The van der Waals surface area contributed by atoms with Crippen molar-refractivity contribution in [3.05, 3.63) is 105 Å². The van der Waals surface area contributed by atoms with Crippen LogP contribution in [0.25, 0.3) is 22.2 Å². The lowest BCUT2D eigenvalue weighted by atomic mass is 9.83. The molecule has 0 radical (unpaired) electrons. The average molecular weight is 536 g/mol. The Labute approximate surface area is 224 Å². The maximum absolute atomic E-state index is 12.7. The molecule has 1 heterocycles. The number of rotatable bonds is 6. The highest BCUT2D eigenvalue weighted by molar-refractivity contribution is 7.84. The van der Waals surface area contributed by atoms with Crippen LogP contribution in [0.2, 0.25) is 5.02 Å². The third kappa shape index (κ3) is 4.69. The van der Waals surface area contributed by atoms with Crippen molar-refractivity contribution in [3.8, 4) is 17.0 Å². The second kappa shape index (κ2) is 10.3. The summed E-state index contributed by atoms with van der Waals surface area (Å²) in [5.74, 6) is 6.52. The van der Waals surface area contributed by atoms with Gasteiger partial charge in [0.1, 0.15) is 5.75 Å². The topological polar surface area (TPSA) is 106 Å². The lowest BCUT2D eigenvalue weighted by molar-refractivity contribution is 0.144. The summed E-state index contributed by atoms with van der Waals surface area (Å²) in [5, 5.41) is 17.8. The number of aryl methyl sites for hydroxylation is 1. The molecule has 190 valence electrons. The Morgan fingerprint density at radius 2 is 1.86 bits per heavy atom. The van der Waals surface area contributed by atoms with Crippen molar-refractivity contribution in [2.45, 2.75) is 5.60 Å². The molecule has 0 saturated heterocycles. The molecule has 3 aromatic carbocycles. The van der Waals surface area contributed by atoms with E-state index in [1.54, 1.807) is 69.7 Å². The number of likely N-dealkylation sites (N-methyl/N-ethyl adjacent to an activating group) is 1. The number of nitrogens with zero attached hydrogens (tertiary/aromatic N) is 4. The molecule has 3 N–H and O–H groups in total. The quantitative estimate of drug-likeness (QED) is 0.113. The molecule has 1 aromatic heterocycles. The number of amidine groups is 1. The average Bonchev–Trinajstić information content (AvgIpc) is 2.90. The van der Waals surface area contributed by atoms with Gasteiger partial charge in [0, 0.05) is 30.1 Å². The molecule has 0 saturated carbocycles. The van der Waals surface area contributed by atoms with Gasteiger partial charge in [-0.05, 0) is 47.5 Å². The van der Waals surface area contributed by atoms with E-state index in [9.17, 15) is 9.90 Å². The molecule has 0 amide bonds. The van der Waals surface area contributed by atoms with Gasteiger partial charge < -0.3 is 20.6 Å². The molecule has 0 spiro atoms. The minimum absolute atomic E-state index is 0.0786. The van der Waals surface area contributed by atoms with E-state index < -0.39 is 11.3 Å². The fourth-order valence-corrected chi connectivity index (χ4v) is 4.45. The van der Waals surface area contributed by atoms with E-state index in [2.05, 4.69) is 29.3 Å². The third-order valence-corrected chi connectivity index (χ3v) is 6.83. The van der Waals surface area contributed by atoms with Crippen LogP contribution in [0.4, 0.5) is 0 Å². The zero-order valence-corrected chi connectivity index (χ0v) is 22.2. The van der Waals surface area contributed by atoms with Crippen LogP contribution in [-0.2, 0) is 12.6 Å². The van der Waals surface area contributed by atoms with Crippen LogP contribution in [0.5, 0.6) is 5.75 Å². The smallest absolute Gasteiger partial charge is 0.348 e.